The fourth-order valence-electron chi connectivity index (χ4n) is 4.73. The number of nitrogens with zero attached hydrogens (tertiary/aromatic N) is 2. The zero-order valence-corrected chi connectivity index (χ0v) is 20.9. The second kappa shape index (κ2) is 9.88. The number of sulfonamides is 1. The van der Waals surface area contributed by atoms with Gasteiger partial charge in [0.15, 0.2) is 0 Å². The number of carbonyl (C=O) groups is 2. The van der Waals surface area contributed by atoms with E-state index in [-0.39, 0.29) is 30.4 Å². The van der Waals surface area contributed by atoms with Crippen LogP contribution in [0.4, 0.5) is 0 Å². The summed E-state index contributed by atoms with van der Waals surface area (Å²) in [5, 5.41) is 2.89. The number of amides is 2. The summed E-state index contributed by atoms with van der Waals surface area (Å²) in [4.78, 5) is 27.0. The fourth-order valence-corrected chi connectivity index (χ4v) is 6.35. The number of aryl methyl sites for hydroxylation is 2. The Hall–Kier alpha value is -2.71. The lowest BCUT2D eigenvalue weighted by atomic mass is 10.0. The lowest BCUT2D eigenvalue weighted by Crippen LogP contribution is -2.61. The van der Waals surface area contributed by atoms with Crippen molar-refractivity contribution >= 4 is 21.8 Å². The molecule has 1 fully saturated rings. The molecule has 1 aliphatic carbocycles. The van der Waals surface area contributed by atoms with E-state index >= 15 is 0 Å². The van der Waals surface area contributed by atoms with E-state index in [2.05, 4.69) is 19.2 Å². The number of piperazine rings is 1. The molecular weight excluding hydrogens is 450 g/mol. The van der Waals surface area contributed by atoms with Crippen LogP contribution in [-0.2, 0) is 39.0 Å². The quantitative estimate of drug-likeness (QED) is 0.685. The van der Waals surface area contributed by atoms with E-state index in [0.29, 0.717) is 12.5 Å². The number of rotatable bonds is 6. The van der Waals surface area contributed by atoms with Gasteiger partial charge in [0.1, 0.15) is 6.04 Å². The maximum Gasteiger partial charge on any atom is 0.243 e. The Labute approximate surface area is 202 Å². The Morgan fingerprint density at radius 2 is 1.74 bits per heavy atom. The summed E-state index contributed by atoms with van der Waals surface area (Å²) in [7, 11) is -3.89. The monoisotopic (exact) mass is 483 g/mol. The number of carbonyl (C=O) groups excluding carboxylic acids is 2. The van der Waals surface area contributed by atoms with Crippen molar-refractivity contribution in [1.82, 2.24) is 14.5 Å². The Morgan fingerprint density at radius 1 is 1.03 bits per heavy atom. The standard InChI is InChI=1S/C26H33N3O4S/c1-18(2)21-9-7-20(8-10-21)16-27-26(31)25-17-28(19(3)30)13-14-29(25)34(32,33)24-12-11-22-5-4-6-23(22)15-24/h7-12,15,18,25H,4-6,13-14,16-17H2,1-3H3,(H,27,31)/t25-/m1/s1. The molecule has 2 amide bonds. The van der Waals surface area contributed by atoms with Crippen LogP contribution >= 0.6 is 0 Å². The minimum atomic E-state index is -3.89. The molecular formula is C26H33N3O4S. The van der Waals surface area contributed by atoms with Crippen molar-refractivity contribution in [2.75, 3.05) is 19.6 Å². The normalized spacial score (nSPS) is 18.7. The number of fused-ring (bicyclic) bond motifs is 1. The second-order valence-electron chi connectivity index (χ2n) is 9.49. The molecule has 0 aromatic heterocycles. The van der Waals surface area contributed by atoms with Gasteiger partial charge in [0.25, 0.3) is 0 Å². The number of hydrogen-bond donors (Lipinski definition) is 1. The molecule has 0 radical (unpaired) electrons. The van der Waals surface area contributed by atoms with Gasteiger partial charge in [-0.05, 0) is 59.6 Å². The number of nitrogens with one attached hydrogen (secondary N) is 1. The molecule has 1 atom stereocenters. The molecule has 1 N–H and O–H groups in total. The summed E-state index contributed by atoms with van der Waals surface area (Å²) in [6.07, 6.45) is 2.87. The van der Waals surface area contributed by atoms with Crippen molar-refractivity contribution < 1.29 is 18.0 Å². The molecule has 34 heavy (non-hydrogen) atoms. The third kappa shape index (κ3) is 5.03. The van der Waals surface area contributed by atoms with Crippen LogP contribution in [0.1, 0.15) is 55.4 Å². The van der Waals surface area contributed by atoms with Gasteiger partial charge in [-0.15, -0.1) is 0 Å². The van der Waals surface area contributed by atoms with E-state index in [1.807, 2.05) is 30.3 Å². The molecule has 182 valence electrons. The molecule has 0 unspecified atom stereocenters. The molecule has 2 aromatic carbocycles. The number of benzene rings is 2. The highest BCUT2D eigenvalue weighted by Crippen LogP contribution is 2.28. The molecule has 2 aliphatic rings. The summed E-state index contributed by atoms with van der Waals surface area (Å²) in [5.74, 6) is -0.151. The number of hydrogen-bond acceptors (Lipinski definition) is 4. The van der Waals surface area contributed by atoms with Crippen molar-refractivity contribution in [2.24, 2.45) is 0 Å². The third-order valence-electron chi connectivity index (χ3n) is 6.87. The Morgan fingerprint density at radius 3 is 2.41 bits per heavy atom. The molecule has 2 aromatic rings. The van der Waals surface area contributed by atoms with Gasteiger partial charge in [-0.1, -0.05) is 44.2 Å². The first-order valence-electron chi connectivity index (χ1n) is 11.9. The van der Waals surface area contributed by atoms with Crippen molar-refractivity contribution in [2.45, 2.75) is 63.4 Å². The summed E-state index contributed by atoms with van der Waals surface area (Å²) >= 11 is 0. The molecule has 0 saturated carbocycles. The van der Waals surface area contributed by atoms with E-state index in [4.69, 9.17) is 0 Å². The van der Waals surface area contributed by atoms with Crippen LogP contribution in [0, 0.1) is 0 Å². The topological polar surface area (TPSA) is 86.8 Å². The van der Waals surface area contributed by atoms with Crippen molar-refractivity contribution in [1.29, 1.82) is 0 Å². The average molecular weight is 484 g/mol. The molecule has 0 bridgehead atoms. The molecule has 8 heteroatoms. The lowest BCUT2D eigenvalue weighted by molar-refractivity contribution is -0.134. The van der Waals surface area contributed by atoms with Gasteiger partial charge in [0.2, 0.25) is 21.8 Å². The SMILES string of the molecule is CC(=O)N1CCN(S(=O)(=O)c2ccc3c(c2)CCC3)[C@@H](C(=O)NCc2ccc(C(C)C)cc2)C1. The van der Waals surface area contributed by atoms with E-state index in [1.165, 1.54) is 27.3 Å². The highest BCUT2D eigenvalue weighted by Gasteiger charge is 2.41. The maximum absolute atomic E-state index is 13.6. The summed E-state index contributed by atoms with van der Waals surface area (Å²) in [6, 6.07) is 12.3. The smallest absolute Gasteiger partial charge is 0.243 e. The van der Waals surface area contributed by atoms with Crippen LogP contribution in [-0.4, -0.2) is 55.1 Å². The average Bonchev–Trinajstić information content (AvgIpc) is 3.30. The summed E-state index contributed by atoms with van der Waals surface area (Å²) in [6.45, 7) is 6.36. The van der Waals surface area contributed by atoms with Gasteiger partial charge in [0.05, 0.1) is 4.90 Å². The van der Waals surface area contributed by atoms with E-state index in [9.17, 15) is 18.0 Å². The highest BCUT2D eigenvalue weighted by atomic mass is 32.2. The van der Waals surface area contributed by atoms with Gasteiger partial charge in [0, 0.05) is 33.1 Å². The predicted octanol–water partition coefficient (Wildman–Crippen LogP) is 2.84. The van der Waals surface area contributed by atoms with E-state index in [1.54, 1.807) is 12.1 Å². The third-order valence-corrected chi connectivity index (χ3v) is 8.77. The minimum Gasteiger partial charge on any atom is -0.351 e. The molecule has 0 spiro atoms. The predicted molar refractivity (Wildman–Crippen MR) is 131 cm³/mol. The van der Waals surface area contributed by atoms with Gasteiger partial charge < -0.3 is 10.2 Å². The van der Waals surface area contributed by atoms with Crippen molar-refractivity contribution in [3.05, 3.63) is 64.7 Å². The first-order chi connectivity index (χ1) is 16.2. The molecule has 4 rings (SSSR count). The van der Waals surface area contributed by atoms with Crippen molar-refractivity contribution in [3.8, 4) is 0 Å². The van der Waals surface area contributed by atoms with E-state index in [0.717, 1.165) is 30.4 Å². The highest BCUT2D eigenvalue weighted by molar-refractivity contribution is 7.89. The Kier molecular flexibility index (Phi) is 7.09. The van der Waals surface area contributed by atoms with Crippen LogP contribution in [0.2, 0.25) is 0 Å². The zero-order valence-electron chi connectivity index (χ0n) is 20.1. The Balaban J connectivity index is 1.54. The Bertz CT molecular complexity index is 1180. The van der Waals surface area contributed by atoms with Crippen molar-refractivity contribution in [3.63, 3.8) is 0 Å². The molecule has 1 heterocycles. The molecule has 1 saturated heterocycles. The summed E-state index contributed by atoms with van der Waals surface area (Å²) < 4.78 is 28.5. The first kappa shape index (κ1) is 24.4. The van der Waals surface area contributed by atoms with Gasteiger partial charge in [-0.3, -0.25) is 9.59 Å². The fraction of sp³-hybridized carbons (Fsp3) is 0.462. The zero-order chi connectivity index (χ0) is 24.5. The maximum atomic E-state index is 13.6. The van der Waals surface area contributed by atoms with Crippen LogP contribution in [0.25, 0.3) is 0 Å². The van der Waals surface area contributed by atoms with Gasteiger partial charge >= 0.3 is 0 Å². The lowest BCUT2D eigenvalue weighted by Gasteiger charge is -2.39. The minimum absolute atomic E-state index is 0.0393. The van der Waals surface area contributed by atoms with Crippen LogP contribution in [0.5, 0.6) is 0 Å². The second-order valence-corrected chi connectivity index (χ2v) is 11.4. The van der Waals surface area contributed by atoms with Crippen LogP contribution < -0.4 is 5.32 Å². The molecule has 7 nitrogen and oxygen atoms in total. The van der Waals surface area contributed by atoms with Gasteiger partial charge in [-0.25, -0.2) is 8.42 Å². The van der Waals surface area contributed by atoms with Gasteiger partial charge in [-0.2, -0.15) is 4.31 Å². The largest absolute Gasteiger partial charge is 0.351 e. The van der Waals surface area contributed by atoms with Crippen LogP contribution in [0.15, 0.2) is 47.4 Å². The molecule has 1 aliphatic heterocycles. The first-order valence-corrected chi connectivity index (χ1v) is 13.4. The van der Waals surface area contributed by atoms with E-state index < -0.39 is 22.0 Å². The van der Waals surface area contributed by atoms with Crippen LogP contribution in [0.3, 0.4) is 0 Å². The summed E-state index contributed by atoms with van der Waals surface area (Å²) in [5.41, 5.74) is 4.41.